The molecule has 0 saturated heterocycles. The minimum absolute atomic E-state index is 0. The Labute approximate surface area is 114 Å². The van der Waals surface area contributed by atoms with Crippen molar-refractivity contribution in [3.63, 3.8) is 0 Å². The first-order chi connectivity index (χ1) is 7.81. The second kappa shape index (κ2) is 12.8. The number of aromatic nitrogens is 1. The van der Waals surface area contributed by atoms with Gasteiger partial charge in [-0.05, 0) is 18.9 Å². The summed E-state index contributed by atoms with van der Waals surface area (Å²) in [5.74, 6) is 0.498. The first-order valence-electron chi connectivity index (χ1n) is 3.61. The summed E-state index contributed by atoms with van der Waals surface area (Å²) in [6.45, 7) is 3.30. The molecule has 11 nitrogen and oxygen atoms in total. The molecule has 0 aliphatic carbocycles. The van der Waals surface area contributed by atoms with E-state index >= 15 is 0 Å². The van der Waals surface area contributed by atoms with E-state index in [0.29, 0.717) is 11.5 Å². The topological polar surface area (TPSA) is 184 Å². The van der Waals surface area contributed by atoms with Crippen LogP contribution in [0.25, 0.3) is 0 Å². The minimum atomic E-state index is -1.75. The number of hydrogen-bond donors (Lipinski definition) is 1. The molecular weight excluding hydrogens is 433 g/mol. The molecule has 0 radical (unpaired) electrons. The predicted octanol–water partition coefficient (Wildman–Crippen LogP) is 0.515. The number of nitrogens with zero attached hydrogens (tertiary/aromatic N) is 4. The van der Waals surface area contributed by atoms with Gasteiger partial charge in [0, 0.05) is 6.20 Å². The van der Waals surface area contributed by atoms with Crippen molar-refractivity contribution in [2.75, 3.05) is 5.73 Å². The van der Waals surface area contributed by atoms with E-state index in [4.69, 9.17) is 36.4 Å². The van der Waals surface area contributed by atoms with Crippen molar-refractivity contribution in [3.05, 3.63) is 49.0 Å². The zero-order chi connectivity index (χ0) is 13.8. The quantitative estimate of drug-likeness (QED) is 0.372. The number of hydrogen-bond acceptors (Lipinski definition) is 9. The van der Waals surface area contributed by atoms with Crippen molar-refractivity contribution in [1.82, 2.24) is 4.98 Å². The van der Waals surface area contributed by atoms with Gasteiger partial charge >= 0.3 is 21.1 Å². The van der Waals surface area contributed by atoms with Crippen LogP contribution >= 0.6 is 0 Å². The van der Waals surface area contributed by atoms with Crippen LogP contribution in [-0.2, 0) is 21.1 Å². The van der Waals surface area contributed by atoms with Crippen LogP contribution in [0.5, 0.6) is 0 Å². The summed E-state index contributed by atoms with van der Waals surface area (Å²) in [7, 11) is 0. The molecule has 0 amide bonds. The molecule has 0 spiro atoms. The van der Waals surface area contributed by atoms with Gasteiger partial charge in [-0.25, -0.2) is 9.98 Å². The third kappa shape index (κ3) is 19.3. The van der Waals surface area contributed by atoms with Gasteiger partial charge in [0.15, 0.2) is 5.82 Å². The van der Waals surface area contributed by atoms with Crippen LogP contribution < -0.4 is 5.73 Å². The molecule has 12 heteroatoms. The minimum Gasteiger partial charge on any atom is -0.396 e. The van der Waals surface area contributed by atoms with E-state index in [1.165, 1.54) is 0 Å². The third-order valence-corrected chi connectivity index (χ3v) is 0.967. The van der Waals surface area contributed by atoms with Gasteiger partial charge in [-0.2, -0.15) is 0 Å². The molecule has 0 aliphatic rings. The van der Waals surface area contributed by atoms with Crippen molar-refractivity contribution in [2.45, 2.75) is 0 Å². The third-order valence-electron chi connectivity index (χ3n) is 0.967. The number of pyridine rings is 1. The average molecular weight is 440 g/mol. The van der Waals surface area contributed by atoms with Crippen molar-refractivity contribution < 1.29 is 31.2 Å². The molecular formula is C6H7N5O6Pt. The van der Waals surface area contributed by atoms with Crippen LogP contribution in [0.15, 0.2) is 23.3 Å². The number of nitrogen functional groups attached to an aromatic ring is 1. The van der Waals surface area contributed by atoms with Crippen LogP contribution in [0.1, 0.15) is 0 Å². The van der Waals surface area contributed by atoms with Gasteiger partial charge in [0.05, 0.1) is 15.9 Å². The summed E-state index contributed by atoms with van der Waals surface area (Å²) < 4.78 is 0. The molecule has 0 saturated carbocycles. The fraction of sp³-hybridized carbons (Fsp3) is 0. The van der Waals surface area contributed by atoms with Gasteiger partial charge in [0.25, 0.3) is 0 Å². The van der Waals surface area contributed by atoms with Gasteiger partial charge in [-0.15, -0.1) is 0 Å². The summed E-state index contributed by atoms with van der Waals surface area (Å²) in [6, 6.07) is 3.49. The van der Waals surface area contributed by atoms with Crippen LogP contribution in [0.3, 0.4) is 0 Å². The van der Waals surface area contributed by atoms with Crippen LogP contribution in [0.4, 0.5) is 11.5 Å². The van der Waals surface area contributed by atoms with Gasteiger partial charge in [-0.3, -0.25) is 0 Å². The maximum Gasteiger partial charge on any atom is 2.00 e. The maximum absolute atomic E-state index is 8.25. The summed E-state index contributed by atoms with van der Waals surface area (Å²) in [6.07, 6.45) is 1.63. The Kier molecular flexibility index (Phi) is 14.9. The molecule has 0 aliphatic heterocycles. The van der Waals surface area contributed by atoms with E-state index in [2.05, 4.69) is 16.7 Å². The smallest absolute Gasteiger partial charge is 0.396 e. The standard InChI is InChI=1S/C6H7N3.2NO3.Pt/c1-8-6-5(7)3-2-4-9-6;2*2-1(3)4;/h2-4H,1,7H2;;;/q;2*-1;+2. The molecule has 1 heterocycles. The molecule has 1 aromatic rings. The molecule has 0 bridgehead atoms. The van der Waals surface area contributed by atoms with Crippen LogP contribution in [-0.4, -0.2) is 21.9 Å². The van der Waals surface area contributed by atoms with Crippen LogP contribution in [0, 0.1) is 30.6 Å². The average Bonchev–Trinajstić information content (AvgIpc) is 2.16. The fourth-order valence-corrected chi connectivity index (χ4v) is 0.542. The van der Waals surface area contributed by atoms with Crippen molar-refractivity contribution in [2.24, 2.45) is 4.99 Å². The number of aliphatic imine (C=N–C) groups is 1. The van der Waals surface area contributed by atoms with Gasteiger partial charge in [-0.1, -0.05) is 0 Å². The Morgan fingerprint density at radius 3 is 1.83 bits per heavy atom. The zero-order valence-corrected chi connectivity index (χ0v) is 10.8. The normalized spacial score (nSPS) is 7.11. The Balaban J connectivity index is -0.000000214. The number of nitrogens with two attached hydrogens (primary N) is 1. The summed E-state index contributed by atoms with van der Waals surface area (Å²) in [4.78, 5) is 23.9. The first kappa shape index (κ1) is 21.0. The van der Waals surface area contributed by atoms with E-state index < -0.39 is 10.2 Å². The van der Waals surface area contributed by atoms with Crippen molar-refractivity contribution in [1.29, 1.82) is 0 Å². The van der Waals surface area contributed by atoms with E-state index in [1.807, 2.05) is 0 Å². The second-order valence-corrected chi connectivity index (χ2v) is 2.02. The van der Waals surface area contributed by atoms with E-state index in [0.717, 1.165) is 0 Å². The first-order valence-corrected chi connectivity index (χ1v) is 3.61. The predicted molar refractivity (Wildman–Crippen MR) is 58.6 cm³/mol. The molecule has 0 atom stereocenters. The summed E-state index contributed by atoms with van der Waals surface area (Å²) in [5.41, 5.74) is 6.00. The Hall–Kier alpha value is -2.29. The molecule has 102 valence electrons. The molecule has 0 fully saturated rings. The van der Waals surface area contributed by atoms with E-state index in [1.54, 1.807) is 18.3 Å². The van der Waals surface area contributed by atoms with Crippen molar-refractivity contribution >= 4 is 18.2 Å². The largest absolute Gasteiger partial charge is 2.00 e. The Bertz CT molecular complexity index is 368. The molecule has 1 rings (SSSR count). The second-order valence-electron chi connectivity index (χ2n) is 2.02. The molecule has 18 heavy (non-hydrogen) atoms. The summed E-state index contributed by atoms with van der Waals surface area (Å²) >= 11 is 0. The van der Waals surface area contributed by atoms with Crippen molar-refractivity contribution in [3.8, 4) is 0 Å². The zero-order valence-electron chi connectivity index (χ0n) is 8.57. The fourth-order valence-electron chi connectivity index (χ4n) is 0.542. The van der Waals surface area contributed by atoms with Gasteiger partial charge in [0.1, 0.15) is 0 Å². The van der Waals surface area contributed by atoms with Gasteiger partial charge < -0.3 is 36.4 Å². The number of rotatable bonds is 1. The Morgan fingerprint density at radius 1 is 1.22 bits per heavy atom. The SMILES string of the molecule is C=Nc1ncccc1N.O=[N+]([O-])[O-].O=[N+]([O-])[O-].[Pt+2]. The molecule has 2 N–H and O–H groups in total. The molecule has 0 aromatic carbocycles. The molecule has 1 aromatic heterocycles. The molecule has 0 unspecified atom stereocenters. The monoisotopic (exact) mass is 440 g/mol. The van der Waals surface area contributed by atoms with E-state index in [-0.39, 0.29) is 21.1 Å². The van der Waals surface area contributed by atoms with E-state index in [9.17, 15) is 0 Å². The Morgan fingerprint density at radius 2 is 1.61 bits per heavy atom. The van der Waals surface area contributed by atoms with Crippen LogP contribution in [0.2, 0.25) is 0 Å². The van der Waals surface area contributed by atoms with Gasteiger partial charge in [0.2, 0.25) is 0 Å². The number of anilines is 1. The maximum atomic E-state index is 8.25. The summed E-state index contributed by atoms with van der Waals surface area (Å²) in [5, 5.41) is 29.5.